The second-order valence-corrected chi connectivity index (χ2v) is 13.8. The van der Waals surface area contributed by atoms with Crippen molar-refractivity contribution < 1.29 is 22.7 Å². The van der Waals surface area contributed by atoms with Crippen molar-refractivity contribution in [3.8, 4) is 21.3 Å². The Kier molecular flexibility index (Phi) is 7.55. The van der Waals surface area contributed by atoms with Gasteiger partial charge in [0, 0.05) is 30.1 Å². The Morgan fingerprint density at radius 3 is 2.42 bits per heavy atom. The van der Waals surface area contributed by atoms with E-state index in [1.807, 2.05) is 17.0 Å². The Labute approximate surface area is 237 Å². The average Bonchev–Trinajstić information content (AvgIpc) is 3.55. The van der Waals surface area contributed by atoms with Gasteiger partial charge in [0.05, 0.1) is 9.77 Å². The topological polar surface area (TPSA) is 139 Å². The Hall–Kier alpha value is -3.19. The van der Waals surface area contributed by atoms with Crippen LogP contribution in [0.4, 0.5) is 0 Å². The highest BCUT2D eigenvalue weighted by molar-refractivity contribution is 7.89. The summed E-state index contributed by atoms with van der Waals surface area (Å²) in [6.45, 7) is 10.1. The van der Waals surface area contributed by atoms with Crippen LogP contribution >= 0.6 is 11.3 Å². The number of fused-ring (bicyclic) bond motifs is 1. The molecule has 2 aromatic carbocycles. The standard InChI is InChI=1S/C28H33N5O5S2/c1-16(2)32-40(36,37)21-11-10-20(18-8-6-7-9-19(18)21)23-22(26(34)33-14-12-17(3)13-15-33)29-25(39-23)24-30-31-27(38-24)28(4,5)35/h6-11,16-17,32,35H,12-15H2,1-5H3. The number of nitrogens with one attached hydrogen (secondary N) is 1. The fourth-order valence-electron chi connectivity index (χ4n) is 4.73. The van der Waals surface area contributed by atoms with Crippen LogP contribution in [-0.2, 0) is 15.6 Å². The zero-order valence-corrected chi connectivity index (χ0v) is 24.8. The van der Waals surface area contributed by atoms with Crippen molar-refractivity contribution >= 4 is 38.0 Å². The van der Waals surface area contributed by atoms with E-state index in [9.17, 15) is 18.3 Å². The molecule has 1 saturated heterocycles. The van der Waals surface area contributed by atoms with Gasteiger partial charge >= 0.3 is 0 Å². The molecule has 2 aromatic heterocycles. The first-order valence-corrected chi connectivity index (χ1v) is 15.6. The van der Waals surface area contributed by atoms with Crippen LogP contribution in [0.25, 0.3) is 32.1 Å². The third-order valence-electron chi connectivity index (χ3n) is 6.84. The maximum atomic E-state index is 13.9. The molecule has 5 rings (SSSR count). The van der Waals surface area contributed by atoms with Gasteiger partial charge in [-0.15, -0.1) is 21.5 Å². The van der Waals surface area contributed by atoms with Crippen LogP contribution in [0.15, 0.2) is 45.7 Å². The van der Waals surface area contributed by atoms with Gasteiger partial charge in [-0.05, 0) is 57.9 Å². The van der Waals surface area contributed by atoms with E-state index < -0.39 is 15.6 Å². The lowest BCUT2D eigenvalue weighted by atomic mass is 9.98. The molecule has 4 aromatic rings. The molecule has 2 N–H and O–H groups in total. The first-order chi connectivity index (χ1) is 18.8. The number of sulfonamides is 1. The molecule has 1 aliphatic rings. The van der Waals surface area contributed by atoms with E-state index in [4.69, 9.17) is 4.42 Å². The average molecular weight is 584 g/mol. The molecule has 0 spiro atoms. The predicted molar refractivity (Wildman–Crippen MR) is 153 cm³/mol. The molecule has 0 bridgehead atoms. The lowest BCUT2D eigenvalue weighted by Gasteiger charge is -2.30. The SMILES string of the molecule is CC1CCN(C(=O)c2nc(-c3nnc(C(C)(C)O)o3)sc2-c2ccc(S(=O)(=O)NC(C)C)c3ccccc23)CC1. The van der Waals surface area contributed by atoms with Crippen LogP contribution in [0, 0.1) is 5.92 Å². The van der Waals surface area contributed by atoms with Crippen molar-refractivity contribution in [2.75, 3.05) is 13.1 Å². The number of amides is 1. The third-order valence-corrected chi connectivity index (χ3v) is 9.63. The molecule has 0 unspecified atom stereocenters. The smallest absolute Gasteiger partial charge is 0.276 e. The molecule has 1 aliphatic heterocycles. The van der Waals surface area contributed by atoms with E-state index in [1.54, 1.807) is 52.0 Å². The second-order valence-electron chi connectivity index (χ2n) is 11.1. The van der Waals surface area contributed by atoms with Gasteiger partial charge in [-0.3, -0.25) is 4.79 Å². The van der Waals surface area contributed by atoms with E-state index in [2.05, 4.69) is 26.8 Å². The van der Waals surface area contributed by atoms with E-state index in [0.29, 0.717) is 45.2 Å². The molecule has 0 atom stereocenters. The fourth-order valence-corrected chi connectivity index (χ4v) is 7.21. The summed E-state index contributed by atoms with van der Waals surface area (Å²) in [4.78, 5) is 21.1. The maximum Gasteiger partial charge on any atom is 0.276 e. The molecule has 0 aliphatic carbocycles. The van der Waals surface area contributed by atoms with Gasteiger partial charge in [0.2, 0.25) is 15.9 Å². The first kappa shape index (κ1) is 28.3. The lowest BCUT2D eigenvalue weighted by Crippen LogP contribution is -2.38. The van der Waals surface area contributed by atoms with Crippen LogP contribution in [-0.4, -0.2) is 58.6 Å². The molecule has 0 saturated carbocycles. The van der Waals surface area contributed by atoms with Crippen molar-refractivity contribution in [2.45, 2.75) is 64.0 Å². The monoisotopic (exact) mass is 583 g/mol. The maximum absolute atomic E-state index is 13.9. The summed E-state index contributed by atoms with van der Waals surface area (Å²) >= 11 is 1.22. The van der Waals surface area contributed by atoms with Gasteiger partial charge in [-0.2, -0.15) is 0 Å². The molecule has 3 heterocycles. The summed E-state index contributed by atoms with van der Waals surface area (Å²) in [5.41, 5.74) is -0.409. The van der Waals surface area contributed by atoms with Crippen molar-refractivity contribution in [1.29, 1.82) is 0 Å². The molecule has 12 heteroatoms. The number of likely N-dealkylation sites (tertiary alicyclic amines) is 1. The van der Waals surface area contributed by atoms with Gasteiger partial charge in [-0.1, -0.05) is 37.3 Å². The summed E-state index contributed by atoms with van der Waals surface area (Å²) in [6, 6.07) is 10.2. The van der Waals surface area contributed by atoms with Gasteiger partial charge in [-0.25, -0.2) is 18.1 Å². The molecule has 0 radical (unpaired) electrons. The van der Waals surface area contributed by atoms with Crippen molar-refractivity contribution in [3.63, 3.8) is 0 Å². The van der Waals surface area contributed by atoms with Gasteiger partial charge < -0.3 is 14.4 Å². The number of thiazole rings is 1. The predicted octanol–water partition coefficient (Wildman–Crippen LogP) is 4.80. The summed E-state index contributed by atoms with van der Waals surface area (Å²) in [7, 11) is -3.78. The van der Waals surface area contributed by atoms with Crippen LogP contribution in [0.3, 0.4) is 0 Å². The normalized spacial score (nSPS) is 15.3. The Morgan fingerprint density at radius 1 is 1.12 bits per heavy atom. The molecular weight excluding hydrogens is 550 g/mol. The summed E-state index contributed by atoms with van der Waals surface area (Å²) in [5.74, 6) is 0.481. The van der Waals surface area contributed by atoms with Crippen LogP contribution in [0.1, 0.15) is 63.8 Å². The molecule has 40 heavy (non-hydrogen) atoms. The first-order valence-electron chi connectivity index (χ1n) is 13.3. The zero-order valence-electron chi connectivity index (χ0n) is 23.1. The number of rotatable bonds is 7. The number of piperidine rings is 1. The zero-order chi connectivity index (χ0) is 28.8. The number of carbonyl (C=O) groups excluding carboxylic acids is 1. The van der Waals surface area contributed by atoms with E-state index in [0.717, 1.165) is 12.8 Å². The minimum atomic E-state index is -3.78. The van der Waals surface area contributed by atoms with Crippen LogP contribution in [0.5, 0.6) is 0 Å². The summed E-state index contributed by atoms with van der Waals surface area (Å²) < 4.78 is 34.7. The molecule has 1 fully saturated rings. The molecule has 10 nitrogen and oxygen atoms in total. The second kappa shape index (κ2) is 10.7. The molecule has 1 amide bonds. The largest absolute Gasteiger partial charge is 0.415 e. The van der Waals surface area contributed by atoms with Gasteiger partial charge in [0.15, 0.2) is 5.01 Å². The number of hydrogen-bond acceptors (Lipinski definition) is 9. The lowest BCUT2D eigenvalue weighted by molar-refractivity contribution is 0.0487. The quantitative estimate of drug-likeness (QED) is 0.316. The van der Waals surface area contributed by atoms with E-state index in [1.165, 1.54) is 11.3 Å². The Bertz CT molecular complexity index is 1660. The fraction of sp³-hybridized carbons (Fsp3) is 0.429. The van der Waals surface area contributed by atoms with Gasteiger partial charge in [0.25, 0.3) is 11.8 Å². The van der Waals surface area contributed by atoms with E-state index in [-0.39, 0.29) is 34.3 Å². The number of hydrogen-bond donors (Lipinski definition) is 2. The number of aliphatic hydroxyl groups is 1. The highest BCUT2D eigenvalue weighted by atomic mass is 32.2. The highest BCUT2D eigenvalue weighted by Gasteiger charge is 2.31. The number of carbonyl (C=O) groups is 1. The van der Waals surface area contributed by atoms with Gasteiger partial charge in [0.1, 0.15) is 11.3 Å². The third kappa shape index (κ3) is 5.53. The Morgan fingerprint density at radius 2 is 1.80 bits per heavy atom. The van der Waals surface area contributed by atoms with Crippen LogP contribution < -0.4 is 4.72 Å². The summed E-state index contributed by atoms with van der Waals surface area (Å²) in [5, 5.41) is 19.9. The van der Waals surface area contributed by atoms with Crippen molar-refractivity contribution in [2.24, 2.45) is 5.92 Å². The van der Waals surface area contributed by atoms with E-state index >= 15 is 0 Å². The molecule has 212 valence electrons. The highest BCUT2D eigenvalue weighted by Crippen LogP contribution is 2.41. The Balaban J connectivity index is 1.68. The summed E-state index contributed by atoms with van der Waals surface area (Å²) in [6.07, 6.45) is 1.82. The van der Waals surface area contributed by atoms with Crippen LogP contribution in [0.2, 0.25) is 0 Å². The number of aromatic nitrogens is 3. The minimum absolute atomic E-state index is 0.0369. The minimum Gasteiger partial charge on any atom is -0.415 e. The molecular formula is C28H33N5O5S2. The number of nitrogens with zero attached hydrogens (tertiary/aromatic N) is 4. The number of benzene rings is 2. The van der Waals surface area contributed by atoms with Crippen molar-refractivity contribution in [1.82, 2.24) is 24.8 Å². The van der Waals surface area contributed by atoms with Crippen molar-refractivity contribution in [3.05, 3.63) is 48.0 Å².